The van der Waals surface area contributed by atoms with Gasteiger partial charge in [0, 0.05) is 17.1 Å². The van der Waals surface area contributed by atoms with Crippen molar-refractivity contribution >= 4 is 27.5 Å². The number of sulfone groups is 1. The number of thioether (sulfide) groups is 1. The molecule has 0 spiro atoms. The molecule has 4 rings (SSSR count). The minimum Gasteiger partial charge on any atom is -0.349 e. The minimum atomic E-state index is -3.51. The molecular formula is C21H22FNO3S2. The molecular weight excluding hydrogens is 397 g/mol. The van der Waals surface area contributed by atoms with Crippen LogP contribution in [0, 0.1) is 5.82 Å². The summed E-state index contributed by atoms with van der Waals surface area (Å²) in [5.74, 6) is -0.0527. The van der Waals surface area contributed by atoms with E-state index in [9.17, 15) is 17.6 Å². The average molecular weight is 420 g/mol. The maximum absolute atomic E-state index is 13.6. The zero-order chi connectivity index (χ0) is 19.7. The van der Waals surface area contributed by atoms with Crippen LogP contribution in [0.25, 0.3) is 0 Å². The molecule has 1 heterocycles. The summed E-state index contributed by atoms with van der Waals surface area (Å²) in [6.45, 7) is 0. The summed E-state index contributed by atoms with van der Waals surface area (Å²) in [6.07, 6.45) is 3.57. The first-order chi connectivity index (χ1) is 13.4. The lowest BCUT2D eigenvalue weighted by molar-refractivity contribution is -0.121. The lowest BCUT2D eigenvalue weighted by atomic mass is 10.0. The number of nitrogens with one attached hydrogen (secondary N) is 1. The Morgan fingerprint density at radius 2 is 1.96 bits per heavy atom. The van der Waals surface area contributed by atoms with Crippen molar-refractivity contribution in [1.29, 1.82) is 0 Å². The number of hydrogen-bond acceptors (Lipinski definition) is 4. The standard InChI is InChI=1S/C21H22FNO3S2/c22-16-5-7-20-18(13-16)19(8-10-27-20)23-21(24)9-11-28(25,26)17-6-4-14-2-1-3-15(14)12-17/h4-7,12-13,19H,1-3,8-11H2,(H,23,24). The molecule has 2 aromatic rings. The molecule has 1 aliphatic heterocycles. The summed E-state index contributed by atoms with van der Waals surface area (Å²) in [5, 5.41) is 2.88. The molecule has 0 bridgehead atoms. The SMILES string of the molecule is O=C(CCS(=O)(=O)c1ccc2c(c1)CCC2)NC1CCSc2ccc(F)cc21. The molecule has 1 amide bonds. The molecule has 4 nitrogen and oxygen atoms in total. The Kier molecular flexibility index (Phi) is 5.47. The fourth-order valence-corrected chi connectivity index (χ4v) is 6.26. The van der Waals surface area contributed by atoms with Crippen molar-refractivity contribution < 1.29 is 17.6 Å². The van der Waals surface area contributed by atoms with Gasteiger partial charge in [-0.25, -0.2) is 12.8 Å². The Balaban J connectivity index is 1.40. The zero-order valence-electron chi connectivity index (χ0n) is 15.4. The largest absolute Gasteiger partial charge is 0.349 e. The fraction of sp³-hybridized carbons (Fsp3) is 0.381. The predicted molar refractivity (Wildman–Crippen MR) is 108 cm³/mol. The Labute approximate surface area is 168 Å². The molecule has 0 saturated heterocycles. The van der Waals surface area contributed by atoms with Crippen molar-refractivity contribution in [3.8, 4) is 0 Å². The third-order valence-electron chi connectivity index (χ3n) is 5.37. The first kappa shape index (κ1) is 19.5. The smallest absolute Gasteiger partial charge is 0.221 e. The molecule has 1 N–H and O–H groups in total. The van der Waals surface area contributed by atoms with Crippen molar-refractivity contribution in [1.82, 2.24) is 5.32 Å². The van der Waals surface area contributed by atoms with Gasteiger partial charge in [-0.05, 0) is 72.7 Å². The molecule has 0 aromatic heterocycles. The summed E-state index contributed by atoms with van der Waals surface area (Å²) < 4.78 is 38.9. The van der Waals surface area contributed by atoms with E-state index in [1.807, 2.05) is 6.07 Å². The monoisotopic (exact) mass is 419 g/mol. The Hall–Kier alpha value is -1.86. The van der Waals surface area contributed by atoms with Gasteiger partial charge < -0.3 is 5.32 Å². The number of benzene rings is 2. The van der Waals surface area contributed by atoms with E-state index in [-0.39, 0.29) is 29.9 Å². The highest BCUT2D eigenvalue weighted by molar-refractivity contribution is 7.99. The van der Waals surface area contributed by atoms with E-state index in [2.05, 4.69) is 5.32 Å². The van der Waals surface area contributed by atoms with E-state index in [0.717, 1.165) is 41.0 Å². The molecule has 0 saturated carbocycles. The van der Waals surface area contributed by atoms with Gasteiger partial charge in [0.2, 0.25) is 5.91 Å². The summed E-state index contributed by atoms with van der Waals surface area (Å²) in [4.78, 5) is 13.7. The Morgan fingerprint density at radius 3 is 2.82 bits per heavy atom. The molecule has 148 valence electrons. The van der Waals surface area contributed by atoms with Crippen LogP contribution in [0.15, 0.2) is 46.2 Å². The summed E-state index contributed by atoms with van der Waals surface area (Å²) in [6, 6.07) is 9.61. The molecule has 2 aliphatic rings. The van der Waals surface area contributed by atoms with Gasteiger partial charge in [0.25, 0.3) is 0 Å². The van der Waals surface area contributed by atoms with Gasteiger partial charge in [-0.2, -0.15) is 0 Å². The van der Waals surface area contributed by atoms with E-state index in [4.69, 9.17) is 0 Å². The highest BCUT2D eigenvalue weighted by Crippen LogP contribution is 2.36. The number of carbonyl (C=O) groups is 1. The Bertz CT molecular complexity index is 1020. The highest BCUT2D eigenvalue weighted by atomic mass is 32.2. The van der Waals surface area contributed by atoms with E-state index in [1.54, 1.807) is 30.0 Å². The second kappa shape index (κ2) is 7.87. The second-order valence-electron chi connectivity index (χ2n) is 7.29. The number of hydrogen-bond donors (Lipinski definition) is 1. The van der Waals surface area contributed by atoms with E-state index in [0.29, 0.717) is 11.3 Å². The van der Waals surface area contributed by atoms with Crippen molar-refractivity contribution in [2.45, 2.75) is 47.9 Å². The van der Waals surface area contributed by atoms with Gasteiger partial charge in [0.1, 0.15) is 5.82 Å². The highest BCUT2D eigenvalue weighted by Gasteiger charge is 2.24. The first-order valence-corrected chi connectivity index (χ1v) is 12.1. The maximum Gasteiger partial charge on any atom is 0.221 e. The normalized spacial score (nSPS) is 18.4. The fourth-order valence-electron chi connectivity index (χ4n) is 3.87. The van der Waals surface area contributed by atoms with Gasteiger partial charge in [-0.3, -0.25) is 4.79 Å². The molecule has 28 heavy (non-hydrogen) atoms. The van der Waals surface area contributed by atoms with Gasteiger partial charge in [0.15, 0.2) is 9.84 Å². The molecule has 1 unspecified atom stereocenters. The summed E-state index contributed by atoms with van der Waals surface area (Å²) >= 11 is 1.64. The van der Waals surface area contributed by atoms with E-state index in [1.165, 1.54) is 17.7 Å². The number of aryl methyl sites for hydroxylation is 2. The minimum absolute atomic E-state index is 0.103. The Morgan fingerprint density at radius 1 is 1.14 bits per heavy atom. The molecule has 7 heteroatoms. The molecule has 0 fully saturated rings. The third-order valence-corrected chi connectivity index (χ3v) is 8.21. The quantitative estimate of drug-likeness (QED) is 0.800. The number of amides is 1. The van der Waals surface area contributed by atoms with Crippen molar-refractivity contribution in [3.05, 3.63) is 58.9 Å². The van der Waals surface area contributed by atoms with Crippen LogP contribution in [0.4, 0.5) is 4.39 Å². The van der Waals surface area contributed by atoms with Gasteiger partial charge >= 0.3 is 0 Å². The van der Waals surface area contributed by atoms with Crippen LogP contribution >= 0.6 is 11.8 Å². The lowest BCUT2D eigenvalue weighted by Gasteiger charge is -2.26. The molecule has 0 radical (unpaired) electrons. The van der Waals surface area contributed by atoms with Crippen molar-refractivity contribution in [2.75, 3.05) is 11.5 Å². The van der Waals surface area contributed by atoms with Crippen LogP contribution in [0.5, 0.6) is 0 Å². The number of rotatable bonds is 5. The van der Waals surface area contributed by atoms with Crippen LogP contribution in [0.2, 0.25) is 0 Å². The first-order valence-electron chi connectivity index (χ1n) is 9.48. The molecule has 1 aliphatic carbocycles. The second-order valence-corrected chi connectivity index (χ2v) is 10.5. The van der Waals surface area contributed by atoms with E-state index >= 15 is 0 Å². The number of halogens is 1. The third kappa shape index (κ3) is 4.10. The molecule has 2 aromatic carbocycles. The zero-order valence-corrected chi connectivity index (χ0v) is 17.0. The van der Waals surface area contributed by atoms with Gasteiger partial charge in [-0.1, -0.05) is 6.07 Å². The van der Waals surface area contributed by atoms with Crippen molar-refractivity contribution in [2.24, 2.45) is 0 Å². The van der Waals surface area contributed by atoms with Crippen LogP contribution in [0.3, 0.4) is 0 Å². The van der Waals surface area contributed by atoms with Crippen LogP contribution in [-0.4, -0.2) is 25.8 Å². The maximum atomic E-state index is 13.6. The molecule has 1 atom stereocenters. The van der Waals surface area contributed by atoms with Crippen LogP contribution < -0.4 is 5.32 Å². The van der Waals surface area contributed by atoms with Crippen LogP contribution in [-0.2, 0) is 27.5 Å². The predicted octanol–water partition coefficient (Wildman–Crippen LogP) is 3.83. The van der Waals surface area contributed by atoms with E-state index < -0.39 is 9.84 Å². The van der Waals surface area contributed by atoms with Crippen molar-refractivity contribution in [3.63, 3.8) is 0 Å². The van der Waals surface area contributed by atoms with Gasteiger partial charge in [0.05, 0.1) is 16.7 Å². The van der Waals surface area contributed by atoms with Gasteiger partial charge in [-0.15, -0.1) is 11.8 Å². The lowest BCUT2D eigenvalue weighted by Crippen LogP contribution is -2.31. The summed E-state index contributed by atoms with van der Waals surface area (Å²) in [5.41, 5.74) is 3.09. The summed E-state index contributed by atoms with van der Waals surface area (Å²) in [7, 11) is -3.51. The average Bonchev–Trinajstić information content (AvgIpc) is 3.15. The topological polar surface area (TPSA) is 63.2 Å². The number of carbonyl (C=O) groups excluding carboxylic acids is 1. The van der Waals surface area contributed by atoms with Crippen LogP contribution in [0.1, 0.15) is 42.0 Å². The number of fused-ring (bicyclic) bond motifs is 2.